The second kappa shape index (κ2) is 10.9. The molecule has 4 rings (SSSR count). The highest BCUT2D eigenvalue weighted by Crippen LogP contribution is 2.37. The number of rotatable bonds is 5. The van der Waals surface area contributed by atoms with Gasteiger partial charge in [-0.1, -0.05) is 32.0 Å². The lowest BCUT2D eigenvalue weighted by Crippen LogP contribution is -2.42. The fourth-order valence-electron chi connectivity index (χ4n) is 3.99. The monoisotopic (exact) mass is 433 g/mol. The lowest BCUT2D eigenvalue weighted by molar-refractivity contribution is -0.0273. The Kier molecular flexibility index (Phi) is 7.98. The summed E-state index contributed by atoms with van der Waals surface area (Å²) < 4.78 is 13.2. The summed E-state index contributed by atoms with van der Waals surface area (Å²) >= 11 is 0. The maximum absolute atomic E-state index is 13.2. The van der Waals surface area contributed by atoms with E-state index in [1.807, 2.05) is 24.8 Å². The normalized spacial score (nSPS) is 16.3. The van der Waals surface area contributed by atoms with Crippen molar-refractivity contribution >= 4 is 0 Å². The summed E-state index contributed by atoms with van der Waals surface area (Å²) in [6, 6.07) is 14.2. The largest absolute Gasteiger partial charge is 0.374 e. The second-order valence-electron chi connectivity index (χ2n) is 7.64. The number of nitrogens with zero attached hydrogens (tertiary/aromatic N) is 5. The van der Waals surface area contributed by atoms with E-state index in [9.17, 15) is 14.8 Å². The van der Waals surface area contributed by atoms with Crippen LogP contribution in [0.1, 0.15) is 44.0 Å². The number of hydrogen-bond donors (Lipinski definition) is 1. The van der Waals surface area contributed by atoms with Crippen LogP contribution in [0.3, 0.4) is 0 Å². The van der Waals surface area contributed by atoms with Crippen molar-refractivity contribution in [2.45, 2.75) is 39.3 Å². The van der Waals surface area contributed by atoms with E-state index in [0.717, 1.165) is 5.56 Å². The molecule has 6 nitrogen and oxygen atoms in total. The minimum atomic E-state index is -0.842. The summed E-state index contributed by atoms with van der Waals surface area (Å²) in [5, 5.41) is 20.9. The molecule has 2 aromatic heterocycles. The van der Waals surface area contributed by atoms with E-state index in [1.54, 1.807) is 36.7 Å². The summed E-state index contributed by atoms with van der Waals surface area (Å²) in [4.78, 5) is 14.6. The first-order chi connectivity index (χ1) is 15.6. The molecule has 0 saturated carbocycles. The van der Waals surface area contributed by atoms with Gasteiger partial charge in [0.15, 0.2) is 0 Å². The predicted octanol–water partition coefficient (Wildman–Crippen LogP) is 4.54. The third kappa shape index (κ3) is 5.34. The molecule has 1 aliphatic heterocycles. The topological polar surface area (TPSA) is 85.9 Å². The Labute approximate surface area is 188 Å². The number of pyridine rings is 1. The molecule has 0 bridgehead atoms. The van der Waals surface area contributed by atoms with E-state index in [1.165, 1.54) is 18.5 Å². The Morgan fingerprint density at radius 2 is 1.81 bits per heavy atom. The van der Waals surface area contributed by atoms with Gasteiger partial charge >= 0.3 is 0 Å². The van der Waals surface area contributed by atoms with Crippen LogP contribution in [-0.4, -0.2) is 38.0 Å². The zero-order valence-electron chi connectivity index (χ0n) is 18.4. The molecule has 1 fully saturated rings. The Hall–Kier alpha value is -3.21. The van der Waals surface area contributed by atoms with Crippen molar-refractivity contribution in [2.24, 2.45) is 5.41 Å². The van der Waals surface area contributed by atoms with Gasteiger partial charge in [-0.25, -0.2) is 14.4 Å². The van der Waals surface area contributed by atoms with Crippen molar-refractivity contribution in [3.8, 4) is 17.5 Å². The van der Waals surface area contributed by atoms with Gasteiger partial charge in [-0.15, -0.1) is 0 Å². The molecular weight excluding hydrogens is 405 g/mol. The van der Waals surface area contributed by atoms with Crippen LogP contribution < -0.4 is 0 Å². The number of aliphatic hydroxyl groups is 1. The molecule has 3 heterocycles. The second-order valence-corrected chi connectivity index (χ2v) is 7.64. The zero-order valence-corrected chi connectivity index (χ0v) is 18.4. The van der Waals surface area contributed by atoms with Crippen molar-refractivity contribution in [1.29, 1.82) is 5.26 Å². The van der Waals surface area contributed by atoms with E-state index < -0.39 is 11.6 Å². The summed E-state index contributed by atoms with van der Waals surface area (Å²) in [7, 11) is 0. The maximum Gasteiger partial charge on any atom is 0.135 e. The third-order valence-electron chi connectivity index (χ3n) is 5.74. The van der Waals surface area contributed by atoms with Gasteiger partial charge in [0.05, 0.1) is 22.9 Å². The van der Waals surface area contributed by atoms with Gasteiger partial charge in [-0.2, -0.15) is 5.26 Å². The lowest BCUT2D eigenvalue weighted by Gasteiger charge is -2.39. The molecule has 0 aliphatic carbocycles. The molecule has 3 aromatic rings. The van der Waals surface area contributed by atoms with Crippen LogP contribution in [0.25, 0.3) is 11.4 Å². The standard InChI is InChI=1S/C23H22FN5O.C2H6/c24-18-5-3-17(4-6-18)14-23(15-25)8-12-29(13-9-23)22(30)19-2-1-10-27-21(19)20-7-11-26-16-28-20;1-2/h1-7,10-11,16,22,30H,8-9,12-14H2;1-2H3. The Morgan fingerprint density at radius 1 is 1.09 bits per heavy atom. The molecule has 0 spiro atoms. The van der Waals surface area contributed by atoms with E-state index >= 15 is 0 Å². The molecule has 0 radical (unpaired) electrons. The minimum Gasteiger partial charge on any atom is -0.374 e. The highest BCUT2D eigenvalue weighted by molar-refractivity contribution is 5.58. The highest BCUT2D eigenvalue weighted by Gasteiger charge is 2.37. The van der Waals surface area contributed by atoms with E-state index in [2.05, 4.69) is 21.0 Å². The van der Waals surface area contributed by atoms with E-state index in [-0.39, 0.29) is 5.82 Å². The Bertz CT molecular complexity index is 1030. The quantitative estimate of drug-likeness (QED) is 0.636. The van der Waals surface area contributed by atoms with Gasteiger partial charge in [-0.05, 0) is 49.1 Å². The average molecular weight is 434 g/mol. The first-order valence-electron chi connectivity index (χ1n) is 10.9. The van der Waals surface area contributed by atoms with Crippen LogP contribution in [0.15, 0.2) is 61.2 Å². The van der Waals surface area contributed by atoms with Gasteiger partial charge in [0, 0.05) is 31.0 Å². The first-order valence-corrected chi connectivity index (χ1v) is 10.9. The van der Waals surface area contributed by atoms with Crippen LogP contribution >= 0.6 is 0 Å². The average Bonchev–Trinajstić information content (AvgIpc) is 2.87. The van der Waals surface area contributed by atoms with Crippen molar-refractivity contribution < 1.29 is 9.50 Å². The van der Waals surface area contributed by atoms with E-state index in [4.69, 9.17) is 0 Å². The number of aromatic nitrogens is 3. The number of halogens is 1. The summed E-state index contributed by atoms with van der Waals surface area (Å²) in [5.41, 5.74) is 2.39. The fraction of sp³-hybridized carbons (Fsp3) is 0.360. The third-order valence-corrected chi connectivity index (χ3v) is 5.74. The smallest absolute Gasteiger partial charge is 0.135 e. The van der Waals surface area contributed by atoms with Gasteiger partial charge in [-0.3, -0.25) is 9.88 Å². The van der Waals surface area contributed by atoms with Crippen molar-refractivity contribution in [1.82, 2.24) is 19.9 Å². The molecule has 1 aliphatic rings. The Balaban J connectivity index is 0.00000141. The fourth-order valence-corrected chi connectivity index (χ4v) is 3.99. The van der Waals surface area contributed by atoms with Crippen molar-refractivity contribution in [3.63, 3.8) is 0 Å². The maximum atomic E-state index is 13.2. The molecule has 1 saturated heterocycles. The van der Waals surface area contributed by atoms with Crippen molar-refractivity contribution in [2.75, 3.05) is 13.1 Å². The molecule has 1 atom stereocenters. The Morgan fingerprint density at radius 3 is 2.44 bits per heavy atom. The predicted molar refractivity (Wildman–Crippen MR) is 121 cm³/mol. The van der Waals surface area contributed by atoms with Crippen LogP contribution in [-0.2, 0) is 6.42 Å². The number of nitriles is 1. The molecule has 1 unspecified atom stereocenters. The number of piperidine rings is 1. The molecular formula is C25H28FN5O. The molecule has 1 aromatic carbocycles. The molecule has 1 N–H and O–H groups in total. The minimum absolute atomic E-state index is 0.279. The van der Waals surface area contributed by atoms with Gasteiger partial charge in [0.25, 0.3) is 0 Å². The van der Waals surface area contributed by atoms with Gasteiger partial charge in [0.1, 0.15) is 18.4 Å². The van der Waals surface area contributed by atoms with Crippen LogP contribution in [0.4, 0.5) is 4.39 Å². The highest BCUT2D eigenvalue weighted by atomic mass is 19.1. The van der Waals surface area contributed by atoms with Gasteiger partial charge in [0.2, 0.25) is 0 Å². The molecule has 166 valence electrons. The summed E-state index contributed by atoms with van der Waals surface area (Å²) in [6.07, 6.45) is 5.76. The van der Waals surface area contributed by atoms with Gasteiger partial charge < -0.3 is 5.11 Å². The summed E-state index contributed by atoms with van der Waals surface area (Å²) in [6.45, 7) is 5.15. The van der Waals surface area contributed by atoms with E-state index in [0.29, 0.717) is 49.3 Å². The first kappa shape index (κ1) is 23.5. The zero-order chi connectivity index (χ0) is 23.0. The van der Waals surface area contributed by atoms with Crippen LogP contribution in [0.2, 0.25) is 0 Å². The summed E-state index contributed by atoms with van der Waals surface area (Å²) in [5.74, 6) is -0.279. The number of benzene rings is 1. The van der Waals surface area contributed by atoms with Crippen LogP contribution in [0.5, 0.6) is 0 Å². The number of likely N-dealkylation sites (tertiary alicyclic amines) is 1. The number of hydrogen-bond acceptors (Lipinski definition) is 6. The van der Waals surface area contributed by atoms with Crippen LogP contribution in [0, 0.1) is 22.6 Å². The number of aliphatic hydroxyl groups excluding tert-OH is 1. The lowest BCUT2D eigenvalue weighted by atomic mass is 9.75. The van der Waals surface area contributed by atoms with Crippen molar-refractivity contribution in [3.05, 3.63) is 78.1 Å². The molecule has 32 heavy (non-hydrogen) atoms. The molecule has 7 heteroatoms. The molecule has 0 amide bonds. The SMILES string of the molecule is CC.N#CC1(Cc2ccc(F)cc2)CCN(C(O)c2cccnc2-c2ccncn2)CC1.